The number of anilines is 2. The average molecular weight is 356 g/mol. The van der Waals surface area contributed by atoms with Crippen LogP contribution in [0.5, 0.6) is 0 Å². The van der Waals surface area contributed by atoms with Crippen LogP contribution in [-0.4, -0.2) is 36.3 Å². The van der Waals surface area contributed by atoms with Gasteiger partial charge >= 0.3 is 6.01 Å². The number of para-hydroxylation sites is 1. The first kappa shape index (κ1) is 15.9. The first-order valence-electron chi connectivity index (χ1n) is 9.25. The number of rotatable bonds is 3. The third-order valence-electron chi connectivity index (χ3n) is 5.09. The predicted molar refractivity (Wildman–Crippen MR) is 108 cm³/mol. The molecule has 4 aromatic rings. The van der Waals surface area contributed by atoms with Crippen molar-refractivity contribution in [3.63, 3.8) is 0 Å². The van der Waals surface area contributed by atoms with Crippen LogP contribution in [0.2, 0.25) is 0 Å². The summed E-state index contributed by atoms with van der Waals surface area (Å²) in [5.41, 5.74) is 2.24. The van der Waals surface area contributed by atoms with Gasteiger partial charge < -0.3 is 14.3 Å². The second-order valence-electron chi connectivity index (χ2n) is 6.77. The second-order valence-corrected chi connectivity index (χ2v) is 6.77. The lowest BCUT2D eigenvalue weighted by atomic mass is 10.1. The van der Waals surface area contributed by atoms with Gasteiger partial charge in [-0.1, -0.05) is 59.8 Å². The molecule has 0 saturated carbocycles. The topological polar surface area (TPSA) is 45.4 Å². The molecule has 5 heteroatoms. The first-order chi connectivity index (χ1) is 13.4. The normalized spacial score (nSPS) is 14.7. The largest absolute Gasteiger partial charge is 0.368 e. The molecule has 0 aliphatic carbocycles. The molecular weight excluding hydrogens is 336 g/mol. The summed E-state index contributed by atoms with van der Waals surface area (Å²) in [6.45, 7) is 3.62. The number of hydrogen-bond acceptors (Lipinski definition) is 5. The first-order valence-corrected chi connectivity index (χ1v) is 9.25. The minimum Gasteiger partial charge on any atom is -0.368 e. The number of piperazine rings is 1. The molecule has 1 fully saturated rings. The summed E-state index contributed by atoms with van der Waals surface area (Å²) in [4.78, 5) is 9.19. The lowest BCUT2D eigenvalue weighted by Gasteiger charge is -2.34. The van der Waals surface area contributed by atoms with Crippen molar-refractivity contribution in [3.8, 4) is 11.4 Å². The van der Waals surface area contributed by atoms with Gasteiger partial charge in [0.2, 0.25) is 5.82 Å². The fourth-order valence-corrected chi connectivity index (χ4v) is 3.58. The van der Waals surface area contributed by atoms with E-state index in [0.29, 0.717) is 11.8 Å². The molecule has 1 aliphatic rings. The van der Waals surface area contributed by atoms with Gasteiger partial charge in [0, 0.05) is 37.4 Å². The molecule has 134 valence electrons. The number of benzene rings is 3. The zero-order valence-corrected chi connectivity index (χ0v) is 15.0. The van der Waals surface area contributed by atoms with Crippen LogP contribution in [0.15, 0.2) is 77.3 Å². The maximum absolute atomic E-state index is 5.56. The van der Waals surface area contributed by atoms with E-state index in [0.717, 1.165) is 31.7 Å². The third-order valence-corrected chi connectivity index (χ3v) is 5.09. The predicted octanol–water partition coefficient (Wildman–Crippen LogP) is 4.22. The summed E-state index contributed by atoms with van der Waals surface area (Å²) in [6.07, 6.45) is 0. The Bertz CT molecular complexity index is 1050. The number of fused-ring (bicyclic) bond motifs is 1. The second kappa shape index (κ2) is 6.76. The Balaban J connectivity index is 1.32. The molecule has 1 aromatic heterocycles. The van der Waals surface area contributed by atoms with Crippen molar-refractivity contribution >= 4 is 22.5 Å². The van der Waals surface area contributed by atoms with E-state index in [-0.39, 0.29) is 0 Å². The highest BCUT2D eigenvalue weighted by Gasteiger charge is 2.22. The minimum atomic E-state index is 0.603. The van der Waals surface area contributed by atoms with Crippen molar-refractivity contribution in [2.75, 3.05) is 36.0 Å². The molecular formula is C22H20N4O. The van der Waals surface area contributed by atoms with Gasteiger partial charge in [0.15, 0.2) is 0 Å². The molecule has 3 aromatic carbocycles. The number of nitrogens with zero attached hydrogens (tertiary/aromatic N) is 4. The van der Waals surface area contributed by atoms with Crippen LogP contribution in [0.25, 0.3) is 22.2 Å². The van der Waals surface area contributed by atoms with Crippen LogP contribution < -0.4 is 9.80 Å². The number of hydrogen-bond donors (Lipinski definition) is 0. The monoisotopic (exact) mass is 356 g/mol. The van der Waals surface area contributed by atoms with Gasteiger partial charge in [-0.3, -0.25) is 0 Å². The molecule has 1 saturated heterocycles. The van der Waals surface area contributed by atoms with E-state index in [9.17, 15) is 0 Å². The quantitative estimate of drug-likeness (QED) is 0.550. The fourth-order valence-electron chi connectivity index (χ4n) is 3.58. The van der Waals surface area contributed by atoms with Gasteiger partial charge in [-0.05, 0) is 29.0 Å². The van der Waals surface area contributed by atoms with Crippen LogP contribution in [0.3, 0.4) is 0 Å². The van der Waals surface area contributed by atoms with Gasteiger partial charge in [-0.15, -0.1) is 0 Å². The summed E-state index contributed by atoms with van der Waals surface area (Å²) < 4.78 is 5.56. The van der Waals surface area contributed by atoms with Crippen LogP contribution in [0.1, 0.15) is 0 Å². The maximum atomic E-state index is 5.56. The van der Waals surface area contributed by atoms with Gasteiger partial charge in [-0.2, -0.15) is 4.98 Å². The molecule has 0 spiro atoms. The van der Waals surface area contributed by atoms with Crippen LogP contribution in [0.4, 0.5) is 11.7 Å². The SMILES string of the molecule is c1ccc(N2CCN(c3nc(-c4ccc5ccccc5c4)no3)CC2)cc1. The van der Waals surface area contributed by atoms with Crippen molar-refractivity contribution in [1.82, 2.24) is 10.1 Å². The molecule has 0 radical (unpaired) electrons. The van der Waals surface area contributed by atoms with Crippen molar-refractivity contribution in [2.45, 2.75) is 0 Å². The summed E-state index contributed by atoms with van der Waals surface area (Å²) in [5, 5.41) is 6.59. The summed E-state index contributed by atoms with van der Waals surface area (Å²) >= 11 is 0. The van der Waals surface area contributed by atoms with Crippen LogP contribution >= 0.6 is 0 Å². The maximum Gasteiger partial charge on any atom is 0.324 e. The zero-order valence-electron chi connectivity index (χ0n) is 15.0. The van der Waals surface area contributed by atoms with Gasteiger partial charge in [0.05, 0.1) is 0 Å². The third kappa shape index (κ3) is 3.12. The van der Waals surface area contributed by atoms with E-state index in [2.05, 4.69) is 68.5 Å². The smallest absolute Gasteiger partial charge is 0.324 e. The van der Waals surface area contributed by atoms with E-state index in [4.69, 9.17) is 4.52 Å². The van der Waals surface area contributed by atoms with Crippen LogP contribution in [-0.2, 0) is 0 Å². The molecule has 0 bridgehead atoms. The summed E-state index contributed by atoms with van der Waals surface area (Å²) in [6, 6.07) is 25.7. The highest BCUT2D eigenvalue weighted by molar-refractivity contribution is 5.86. The highest BCUT2D eigenvalue weighted by Crippen LogP contribution is 2.25. The molecule has 0 N–H and O–H groups in total. The van der Waals surface area contributed by atoms with Crippen LogP contribution in [0, 0.1) is 0 Å². The lowest BCUT2D eigenvalue weighted by Crippen LogP contribution is -2.46. The van der Waals surface area contributed by atoms with E-state index in [1.165, 1.54) is 16.5 Å². The molecule has 5 rings (SSSR count). The summed E-state index contributed by atoms with van der Waals surface area (Å²) in [7, 11) is 0. The molecule has 1 aliphatic heterocycles. The van der Waals surface area contributed by atoms with E-state index in [1.54, 1.807) is 0 Å². The lowest BCUT2D eigenvalue weighted by molar-refractivity contribution is 0.409. The minimum absolute atomic E-state index is 0.603. The molecule has 0 unspecified atom stereocenters. The average Bonchev–Trinajstić information content (AvgIpc) is 3.24. The Labute approximate surface area is 157 Å². The Morgan fingerprint density at radius 1 is 0.704 bits per heavy atom. The van der Waals surface area contributed by atoms with Crippen molar-refractivity contribution in [3.05, 3.63) is 72.8 Å². The van der Waals surface area contributed by atoms with Crippen molar-refractivity contribution in [2.24, 2.45) is 0 Å². The van der Waals surface area contributed by atoms with Gasteiger partial charge in [0.1, 0.15) is 0 Å². The highest BCUT2D eigenvalue weighted by atomic mass is 16.5. The Kier molecular flexibility index (Phi) is 3.98. The Hall–Kier alpha value is -3.34. The molecule has 0 atom stereocenters. The fraction of sp³-hybridized carbons (Fsp3) is 0.182. The molecule has 0 amide bonds. The Morgan fingerprint density at radius 2 is 1.41 bits per heavy atom. The van der Waals surface area contributed by atoms with Crippen molar-refractivity contribution in [1.29, 1.82) is 0 Å². The number of aromatic nitrogens is 2. The molecule has 27 heavy (non-hydrogen) atoms. The van der Waals surface area contributed by atoms with Gasteiger partial charge in [-0.25, -0.2) is 0 Å². The van der Waals surface area contributed by atoms with Gasteiger partial charge in [0.25, 0.3) is 0 Å². The van der Waals surface area contributed by atoms with E-state index >= 15 is 0 Å². The van der Waals surface area contributed by atoms with Crippen molar-refractivity contribution < 1.29 is 4.52 Å². The Morgan fingerprint density at radius 3 is 2.22 bits per heavy atom. The van der Waals surface area contributed by atoms with E-state index in [1.807, 2.05) is 24.3 Å². The standard InChI is InChI=1S/C22H20N4O/c1-2-8-20(9-3-1)25-12-14-26(15-13-25)22-23-21(24-27-22)19-11-10-17-6-4-5-7-18(17)16-19/h1-11,16H,12-15H2. The summed E-state index contributed by atoms with van der Waals surface area (Å²) in [5.74, 6) is 0.640. The molecule has 2 heterocycles. The zero-order chi connectivity index (χ0) is 18.1. The van der Waals surface area contributed by atoms with E-state index < -0.39 is 0 Å². The molecule has 5 nitrogen and oxygen atoms in total.